The van der Waals surface area contributed by atoms with E-state index in [1.165, 1.54) is 29.6 Å². The minimum atomic E-state index is -3.92. The first-order valence-corrected chi connectivity index (χ1v) is 10.9. The molecule has 1 atom stereocenters. The minimum Gasteiger partial charge on any atom is -0.480 e. The number of carbonyl (C=O) groups is 2. The van der Waals surface area contributed by atoms with E-state index in [1.54, 1.807) is 0 Å². The fraction of sp³-hybridized carbons (Fsp3) is 0.250. The Kier molecular flexibility index (Phi) is 7.54. The largest absolute Gasteiger partial charge is 0.480 e. The number of aliphatic imine (C=N–C) groups is 1. The van der Waals surface area contributed by atoms with Gasteiger partial charge in [0, 0.05) is 17.6 Å². The van der Waals surface area contributed by atoms with Gasteiger partial charge in [0.15, 0.2) is 11.1 Å². The van der Waals surface area contributed by atoms with E-state index in [0.29, 0.717) is 12.1 Å². The molecule has 0 spiro atoms. The number of hydrogen-bond donors (Lipinski definition) is 6. The zero-order chi connectivity index (χ0) is 22.3. The molecule has 0 saturated heterocycles. The van der Waals surface area contributed by atoms with Crippen LogP contribution in [0.25, 0.3) is 0 Å². The topological polar surface area (TPSA) is 216 Å². The molecule has 0 unspecified atom stereocenters. The van der Waals surface area contributed by atoms with Crippen LogP contribution in [0.2, 0.25) is 0 Å². The molecule has 0 fully saturated rings. The first-order valence-electron chi connectivity index (χ1n) is 8.51. The lowest BCUT2D eigenvalue weighted by Crippen LogP contribution is -2.41. The van der Waals surface area contributed by atoms with Crippen molar-refractivity contribution in [2.24, 2.45) is 16.5 Å². The Morgan fingerprint density at radius 3 is 2.50 bits per heavy atom. The fourth-order valence-electron chi connectivity index (χ4n) is 2.24. The zero-order valence-corrected chi connectivity index (χ0v) is 17.2. The molecule has 1 aromatic heterocycles. The number of aliphatic carboxylic acids is 1. The van der Waals surface area contributed by atoms with Crippen LogP contribution in [0.3, 0.4) is 0 Å². The summed E-state index contributed by atoms with van der Waals surface area (Å²) in [4.78, 5) is 31.3. The average molecular weight is 456 g/mol. The standard InChI is InChI=1S/C16H21N7O5S2/c17-9-3-5-10(6-4-9)30(27,28)23-16-22-12(8-29-16)13(24)21-11(14(25)26)2-1-7-20-15(18)19/h3-6,8,11H,1-2,7,17H2,(H,21,24)(H,22,23)(H,25,26)(H4,18,19,20)/t11-/m0/s1. The number of thiazole rings is 1. The molecule has 0 bridgehead atoms. The van der Waals surface area contributed by atoms with Crippen molar-refractivity contribution < 1.29 is 23.1 Å². The van der Waals surface area contributed by atoms with E-state index >= 15 is 0 Å². The van der Waals surface area contributed by atoms with Gasteiger partial charge in [-0.3, -0.25) is 14.5 Å². The number of nitrogens with zero attached hydrogens (tertiary/aromatic N) is 2. The first kappa shape index (κ1) is 22.9. The molecule has 30 heavy (non-hydrogen) atoms. The summed E-state index contributed by atoms with van der Waals surface area (Å²) in [6.07, 6.45) is 0.428. The number of amides is 1. The van der Waals surface area contributed by atoms with Crippen LogP contribution in [-0.2, 0) is 14.8 Å². The molecular formula is C16H21N7O5S2. The van der Waals surface area contributed by atoms with Crippen molar-refractivity contribution in [2.75, 3.05) is 17.0 Å². The number of nitrogens with two attached hydrogens (primary N) is 3. The quantitative estimate of drug-likeness (QED) is 0.120. The van der Waals surface area contributed by atoms with E-state index < -0.39 is 27.9 Å². The molecule has 9 N–H and O–H groups in total. The van der Waals surface area contributed by atoms with Crippen molar-refractivity contribution in [3.8, 4) is 0 Å². The van der Waals surface area contributed by atoms with Crippen LogP contribution in [0.1, 0.15) is 23.3 Å². The molecule has 0 aliphatic rings. The second-order valence-electron chi connectivity index (χ2n) is 6.03. The van der Waals surface area contributed by atoms with Crippen LogP contribution in [-0.4, -0.2) is 48.9 Å². The zero-order valence-electron chi connectivity index (χ0n) is 15.6. The third-order valence-corrected chi connectivity index (χ3v) is 5.94. The highest BCUT2D eigenvalue weighted by molar-refractivity contribution is 7.93. The maximum absolute atomic E-state index is 12.4. The lowest BCUT2D eigenvalue weighted by atomic mass is 10.1. The molecule has 0 aliphatic heterocycles. The molecule has 14 heteroatoms. The third kappa shape index (κ3) is 6.59. The average Bonchev–Trinajstić information content (AvgIpc) is 3.12. The highest BCUT2D eigenvalue weighted by Crippen LogP contribution is 2.21. The number of rotatable bonds is 10. The summed E-state index contributed by atoms with van der Waals surface area (Å²) in [6, 6.07) is 4.36. The monoisotopic (exact) mass is 455 g/mol. The molecular weight excluding hydrogens is 434 g/mol. The van der Waals surface area contributed by atoms with Gasteiger partial charge in [-0.2, -0.15) is 0 Å². The Labute approximate surface area is 176 Å². The Balaban J connectivity index is 2.01. The number of sulfonamides is 1. The van der Waals surface area contributed by atoms with Crippen molar-refractivity contribution in [3.63, 3.8) is 0 Å². The summed E-state index contributed by atoms with van der Waals surface area (Å²) in [7, 11) is -3.92. The van der Waals surface area contributed by atoms with Crippen molar-refractivity contribution in [1.29, 1.82) is 0 Å². The number of anilines is 2. The Bertz CT molecular complexity index is 1030. The number of benzene rings is 1. The van der Waals surface area contributed by atoms with Gasteiger partial charge in [0.2, 0.25) is 0 Å². The van der Waals surface area contributed by atoms with E-state index in [1.807, 2.05) is 0 Å². The van der Waals surface area contributed by atoms with Crippen LogP contribution in [0.15, 0.2) is 39.5 Å². The fourth-order valence-corrected chi connectivity index (χ4v) is 4.18. The van der Waals surface area contributed by atoms with Crippen molar-refractivity contribution in [3.05, 3.63) is 35.3 Å². The number of carboxylic acid groups (broad SMARTS) is 1. The lowest BCUT2D eigenvalue weighted by Gasteiger charge is -2.13. The predicted molar refractivity (Wildman–Crippen MR) is 113 cm³/mol. The van der Waals surface area contributed by atoms with Gasteiger partial charge in [-0.05, 0) is 37.1 Å². The smallest absolute Gasteiger partial charge is 0.326 e. The van der Waals surface area contributed by atoms with Gasteiger partial charge in [0.05, 0.1) is 4.90 Å². The number of carboxylic acids is 1. The number of nitrogens with one attached hydrogen (secondary N) is 2. The number of carbonyl (C=O) groups excluding carboxylic acids is 1. The van der Waals surface area contributed by atoms with E-state index in [4.69, 9.17) is 17.2 Å². The van der Waals surface area contributed by atoms with Gasteiger partial charge in [-0.15, -0.1) is 11.3 Å². The number of hydrogen-bond acceptors (Lipinski definition) is 8. The highest BCUT2D eigenvalue weighted by atomic mass is 32.2. The number of nitrogen functional groups attached to an aromatic ring is 1. The van der Waals surface area contributed by atoms with Gasteiger partial charge < -0.3 is 27.6 Å². The van der Waals surface area contributed by atoms with Gasteiger partial charge in [-0.1, -0.05) is 0 Å². The van der Waals surface area contributed by atoms with Crippen LogP contribution < -0.4 is 27.2 Å². The second kappa shape index (κ2) is 9.89. The Hall–Kier alpha value is -3.39. The normalized spacial score (nSPS) is 12.0. The molecule has 1 aromatic carbocycles. The minimum absolute atomic E-state index is 0.0235. The SMILES string of the molecule is NC(N)=NCCC[C@H](NC(=O)c1csc(NS(=O)(=O)c2ccc(N)cc2)n1)C(=O)O. The summed E-state index contributed by atoms with van der Waals surface area (Å²) in [5, 5.41) is 12.9. The van der Waals surface area contributed by atoms with E-state index in [0.717, 1.165) is 11.3 Å². The molecule has 0 aliphatic carbocycles. The molecule has 1 heterocycles. The van der Waals surface area contributed by atoms with Crippen molar-refractivity contribution in [2.45, 2.75) is 23.8 Å². The third-order valence-electron chi connectivity index (χ3n) is 3.70. The van der Waals surface area contributed by atoms with Gasteiger partial charge in [-0.25, -0.2) is 18.2 Å². The number of aromatic nitrogens is 1. The summed E-state index contributed by atoms with van der Waals surface area (Å²) < 4.78 is 27.0. The summed E-state index contributed by atoms with van der Waals surface area (Å²) >= 11 is 0.883. The number of guanidine groups is 1. The maximum atomic E-state index is 12.4. The summed E-state index contributed by atoms with van der Waals surface area (Å²) in [6.45, 7) is 0.218. The van der Waals surface area contributed by atoms with Crippen LogP contribution >= 0.6 is 11.3 Å². The van der Waals surface area contributed by atoms with Gasteiger partial charge in [0.1, 0.15) is 11.7 Å². The summed E-state index contributed by atoms with van der Waals surface area (Å²) in [5.41, 5.74) is 16.2. The molecule has 12 nitrogen and oxygen atoms in total. The van der Waals surface area contributed by atoms with E-state index in [-0.39, 0.29) is 34.6 Å². The van der Waals surface area contributed by atoms with Crippen molar-refractivity contribution >= 4 is 50.0 Å². The first-order chi connectivity index (χ1) is 14.1. The molecule has 1 amide bonds. The Morgan fingerprint density at radius 2 is 1.90 bits per heavy atom. The lowest BCUT2D eigenvalue weighted by molar-refractivity contribution is -0.139. The molecule has 2 aromatic rings. The van der Waals surface area contributed by atoms with E-state index in [2.05, 4.69) is 20.0 Å². The predicted octanol–water partition coefficient (Wildman–Crippen LogP) is -0.237. The van der Waals surface area contributed by atoms with Crippen LogP contribution in [0.4, 0.5) is 10.8 Å². The van der Waals surface area contributed by atoms with Crippen molar-refractivity contribution in [1.82, 2.24) is 10.3 Å². The maximum Gasteiger partial charge on any atom is 0.326 e. The highest BCUT2D eigenvalue weighted by Gasteiger charge is 2.23. The van der Waals surface area contributed by atoms with E-state index in [9.17, 15) is 23.1 Å². The van der Waals surface area contributed by atoms with Crippen LogP contribution in [0.5, 0.6) is 0 Å². The summed E-state index contributed by atoms with van der Waals surface area (Å²) in [5.74, 6) is -2.09. The second-order valence-corrected chi connectivity index (χ2v) is 8.57. The van der Waals surface area contributed by atoms with Gasteiger partial charge in [0.25, 0.3) is 15.9 Å². The van der Waals surface area contributed by atoms with Gasteiger partial charge >= 0.3 is 5.97 Å². The molecule has 0 radical (unpaired) electrons. The molecule has 162 valence electrons. The Morgan fingerprint density at radius 1 is 1.23 bits per heavy atom. The van der Waals surface area contributed by atoms with Crippen LogP contribution in [0, 0.1) is 0 Å². The molecule has 0 saturated carbocycles. The molecule has 2 rings (SSSR count).